The summed E-state index contributed by atoms with van der Waals surface area (Å²) in [5.41, 5.74) is 0.430. The third kappa shape index (κ3) is 2.37. The minimum Gasteiger partial charge on any atom is -0.392 e. The summed E-state index contributed by atoms with van der Waals surface area (Å²) in [6.45, 7) is 4.88. The van der Waals surface area contributed by atoms with Gasteiger partial charge in [-0.25, -0.2) is 4.39 Å². The molecule has 5 heteroatoms. The molecule has 0 bridgehead atoms. The molecular weight excluding hydrogens is 297 g/mol. The van der Waals surface area contributed by atoms with E-state index in [2.05, 4.69) is 0 Å². The molecule has 1 aliphatic heterocycles. The predicted octanol–water partition coefficient (Wildman–Crippen LogP) is 2.53. The van der Waals surface area contributed by atoms with Gasteiger partial charge in [-0.3, -0.25) is 4.79 Å². The van der Waals surface area contributed by atoms with Gasteiger partial charge in [0.2, 0.25) is 0 Å². The Morgan fingerprint density at radius 2 is 2.04 bits per heavy atom. The summed E-state index contributed by atoms with van der Waals surface area (Å²) < 4.78 is 19.0. The molecule has 0 aromatic heterocycles. The molecule has 1 aromatic carbocycles. The third-order valence-electron chi connectivity index (χ3n) is 6.07. The minimum absolute atomic E-state index is 0.0733. The zero-order chi connectivity index (χ0) is 16.8. The van der Waals surface area contributed by atoms with E-state index in [1.165, 1.54) is 12.1 Å². The molecule has 1 saturated heterocycles. The van der Waals surface area contributed by atoms with Crippen LogP contribution in [0, 0.1) is 18.2 Å². The van der Waals surface area contributed by atoms with E-state index < -0.39 is 0 Å². The fourth-order valence-corrected chi connectivity index (χ4v) is 4.21. The van der Waals surface area contributed by atoms with Gasteiger partial charge in [-0.05, 0) is 50.5 Å². The van der Waals surface area contributed by atoms with Crippen LogP contribution >= 0.6 is 0 Å². The lowest BCUT2D eigenvalue weighted by Gasteiger charge is -2.62. The van der Waals surface area contributed by atoms with Gasteiger partial charge in [0.1, 0.15) is 5.82 Å². The molecule has 1 amide bonds. The number of nitrogens with zero attached hydrogens (tertiary/aromatic N) is 1. The summed E-state index contributed by atoms with van der Waals surface area (Å²) >= 11 is 0. The number of benzene rings is 1. The second-order valence-electron chi connectivity index (χ2n) is 7.07. The number of likely N-dealkylation sites (tertiary alicyclic amines) is 1. The number of hydrogen-bond donors (Lipinski definition) is 1. The van der Waals surface area contributed by atoms with E-state index >= 15 is 0 Å². The standard InChI is InChI=1S/C18H24FNO3/c1-12-10-13(4-5-14(12)19)16(22)20-8-6-18(7-9-20)15(21)11-17(18,2)23-3/h4-5,10,15,21H,6-9,11H2,1-3H3/t15-,17+/m1/s1. The fourth-order valence-electron chi connectivity index (χ4n) is 4.21. The summed E-state index contributed by atoms with van der Waals surface area (Å²) in [5.74, 6) is -0.372. The van der Waals surface area contributed by atoms with Gasteiger partial charge in [0, 0.05) is 37.6 Å². The maximum atomic E-state index is 13.4. The van der Waals surface area contributed by atoms with Crippen LogP contribution in [0.15, 0.2) is 18.2 Å². The summed E-state index contributed by atoms with van der Waals surface area (Å²) in [6, 6.07) is 4.47. The van der Waals surface area contributed by atoms with Crippen LogP contribution in [0.3, 0.4) is 0 Å². The van der Waals surface area contributed by atoms with Crippen molar-refractivity contribution in [2.75, 3.05) is 20.2 Å². The summed E-state index contributed by atoms with van der Waals surface area (Å²) in [6.07, 6.45) is 1.74. The molecule has 0 unspecified atom stereocenters. The lowest BCUT2D eigenvalue weighted by molar-refractivity contribution is -0.259. The average Bonchev–Trinajstić information content (AvgIpc) is 2.56. The van der Waals surface area contributed by atoms with Crippen molar-refractivity contribution in [3.63, 3.8) is 0 Å². The lowest BCUT2D eigenvalue weighted by atomic mass is 9.51. The number of aliphatic hydroxyl groups excluding tert-OH is 1. The molecule has 1 aliphatic carbocycles. The van der Waals surface area contributed by atoms with Crippen molar-refractivity contribution in [3.05, 3.63) is 35.1 Å². The highest BCUT2D eigenvalue weighted by Gasteiger charge is 2.63. The molecule has 126 valence electrons. The first kappa shape index (κ1) is 16.4. The quantitative estimate of drug-likeness (QED) is 0.910. The minimum atomic E-state index is -0.363. The Hall–Kier alpha value is -1.46. The number of methoxy groups -OCH3 is 1. The molecule has 23 heavy (non-hydrogen) atoms. The Balaban J connectivity index is 1.71. The molecule has 0 radical (unpaired) electrons. The molecule has 1 aromatic rings. The van der Waals surface area contributed by atoms with Gasteiger partial charge in [-0.15, -0.1) is 0 Å². The maximum Gasteiger partial charge on any atom is 0.253 e. The second-order valence-corrected chi connectivity index (χ2v) is 7.07. The summed E-state index contributed by atoms with van der Waals surface area (Å²) in [7, 11) is 1.69. The van der Waals surface area contributed by atoms with Gasteiger partial charge in [0.05, 0.1) is 11.7 Å². The molecule has 2 fully saturated rings. The van der Waals surface area contributed by atoms with Gasteiger partial charge in [0.15, 0.2) is 0 Å². The fraction of sp³-hybridized carbons (Fsp3) is 0.611. The Labute approximate surface area is 136 Å². The Bertz CT molecular complexity index is 625. The SMILES string of the molecule is CO[C@@]1(C)C[C@@H](O)C12CCN(C(=O)c1ccc(F)c(C)c1)CC2. The number of aryl methyl sites for hydroxylation is 1. The zero-order valence-electron chi connectivity index (χ0n) is 13.9. The Morgan fingerprint density at radius 1 is 1.39 bits per heavy atom. The number of halogens is 1. The number of carbonyl (C=O) groups excluding carboxylic acids is 1. The molecule has 3 rings (SSSR count). The first-order valence-corrected chi connectivity index (χ1v) is 8.12. The molecule has 2 atom stereocenters. The van der Waals surface area contributed by atoms with Gasteiger partial charge < -0.3 is 14.7 Å². The maximum absolute atomic E-state index is 13.4. The molecule has 2 aliphatic rings. The van der Waals surface area contributed by atoms with Crippen LogP contribution in [-0.4, -0.2) is 47.8 Å². The Morgan fingerprint density at radius 3 is 2.57 bits per heavy atom. The van der Waals surface area contributed by atoms with Crippen molar-refractivity contribution in [3.8, 4) is 0 Å². The van der Waals surface area contributed by atoms with Crippen LogP contribution in [0.5, 0.6) is 0 Å². The van der Waals surface area contributed by atoms with Crippen LogP contribution in [0.1, 0.15) is 42.1 Å². The summed E-state index contributed by atoms with van der Waals surface area (Å²) in [4.78, 5) is 14.4. The number of ether oxygens (including phenoxy) is 1. The van der Waals surface area contributed by atoms with Crippen molar-refractivity contribution >= 4 is 5.91 Å². The number of rotatable bonds is 2. The highest BCUT2D eigenvalue weighted by Crippen LogP contribution is 2.57. The van der Waals surface area contributed by atoms with E-state index in [4.69, 9.17) is 4.74 Å². The first-order valence-electron chi connectivity index (χ1n) is 8.12. The average molecular weight is 321 g/mol. The van der Waals surface area contributed by atoms with Gasteiger partial charge in [-0.1, -0.05) is 0 Å². The molecular formula is C18H24FNO3. The number of piperidine rings is 1. The van der Waals surface area contributed by atoms with Crippen LogP contribution in [0.25, 0.3) is 0 Å². The molecule has 1 spiro atoms. The predicted molar refractivity (Wildman–Crippen MR) is 84.7 cm³/mol. The van der Waals surface area contributed by atoms with E-state index in [1.54, 1.807) is 25.0 Å². The summed E-state index contributed by atoms with van der Waals surface area (Å²) in [5, 5.41) is 10.3. The van der Waals surface area contributed by atoms with Crippen LogP contribution in [0.4, 0.5) is 4.39 Å². The molecule has 1 saturated carbocycles. The monoisotopic (exact) mass is 321 g/mol. The van der Waals surface area contributed by atoms with E-state index in [1.807, 2.05) is 6.92 Å². The molecule has 4 nitrogen and oxygen atoms in total. The van der Waals surface area contributed by atoms with Crippen LogP contribution in [0.2, 0.25) is 0 Å². The zero-order valence-corrected chi connectivity index (χ0v) is 13.9. The van der Waals surface area contributed by atoms with Crippen molar-refractivity contribution < 1.29 is 19.0 Å². The Kier molecular flexibility index (Phi) is 3.97. The molecule has 1 N–H and O–H groups in total. The number of carbonyl (C=O) groups is 1. The van der Waals surface area contributed by atoms with Gasteiger partial charge in [-0.2, -0.15) is 0 Å². The normalized spacial score (nSPS) is 29.4. The van der Waals surface area contributed by atoms with E-state index in [0.717, 1.165) is 12.8 Å². The van der Waals surface area contributed by atoms with E-state index in [-0.39, 0.29) is 28.8 Å². The van der Waals surface area contributed by atoms with Crippen molar-refractivity contribution in [1.82, 2.24) is 4.90 Å². The van der Waals surface area contributed by atoms with Gasteiger partial charge >= 0.3 is 0 Å². The first-order chi connectivity index (χ1) is 10.8. The van der Waals surface area contributed by atoms with Crippen molar-refractivity contribution in [2.24, 2.45) is 5.41 Å². The van der Waals surface area contributed by atoms with Crippen LogP contribution < -0.4 is 0 Å². The van der Waals surface area contributed by atoms with E-state index in [9.17, 15) is 14.3 Å². The smallest absolute Gasteiger partial charge is 0.253 e. The molecule has 1 heterocycles. The van der Waals surface area contributed by atoms with Crippen molar-refractivity contribution in [1.29, 1.82) is 0 Å². The highest BCUT2D eigenvalue weighted by molar-refractivity contribution is 5.94. The third-order valence-corrected chi connectivity index (χ3v) is 6.07. The van der Waals surface area contributed by atoms with E-state index in [0.29, 0.717) is 30.6 Å². The van der Waals surface area contributed by atoms with Crippen molar-refractivity contribution in [2.45, 2.75) is 44.8 Å². The second kappa shape index (κ2) is 5.56. The topological polar surface area (TPSA) is 49.8 Å². The van der Waals surface area contributed by atoms with Gasteiger partial charge in [0.25, 0.3) is 5.91 Å². The lowest BCUT2D eigenvalue weighted by Crippen LogP contribution is -2.69. The largest absolute Gasteiger partial charge is 0.392 e. The highest BCUT2D eigenvalue weighted by atomic mass is 19.1. The van der Waals surface area contributed by atoms with Crippen LogP contribution in [-0.2, 0) is 4.74 Å². The number of amides is 1. The number of hydrogen-bond acceptors (Lipinski definition) is 3. The number of aliphatic hydroxyl groups is 1.